The van der Waals surface area contributed by atoms with E-state index in [1.165, 1.54) is 16.8 Å². The number of nitrogens with one attached hydrogen (secondary N) is 1. The Hall–Kier alpha value is -4.54. The van der Waals surface area contributed by atoms with Gasteiger partial charge in [0.1, 0.15) is 0 Å². The number of hydrogen-bond donors (Lipinski definition) is 1. The number of esters is 2. The number of amides is 1. The van der Waals surface area contributed by atoms with Crippen LogP contribution in [0.25, 0.3) is 5.69 Å². The first-order chi connectivity index (χ1) is 15.8. The number of nitro groups is 1. The minimum absolute atomic E-state index is 0.0671. The first kappa shape index (κ1) is 23.1. The van der Waals surface area contributed by atoms with Gasteiger partial charge in [-0.2, -0.15) is 5.10 Å². The van der Waals surface area contributed by atoms with Crippen molar-refractivity contribution in [2.45, 2.75) is 13.8 Å². The van der Waals surface area contributed by atoms with Crippen molar-refractivity contribution in [1.82, 2.24) is 9.78 Å². The zero-order valence-corrected chi connectivity index (χ0v) is 17.8. The van der Waals surface area contributed by atoms with Crippen LogP contribution >= 0.6 is 0 Å². The molecular formula is C22H20N4O7. The predicted molar refractivity (Wildman–Crippen MR) is 117 cm³/mol. The summed E-state index contributed by atoms with van der Waals surface area (Å²) >= 11 is 0. The number of aromatic nitrogens is 2. The Bertz CT molecular complexity index is 1200. The molecule has 0 unspecified atom stereocenters. The number of benzene rings is 2. The van der Waals surface area contributed by atoms with Crippen molar-refractivity contribution >= 4 is 29.2 Å². The van der Waals surface area contributed by atoms with Crippen LogP contribution in [0.1, 0.15) is 45.1 Å². The van der Waals surface area contributed by atoms with E-state index < -0.39 is 28.5 Å². The number of nitrogens with zero attached hydrogens (tertiary/aromatic N) is 3. The fourth-order valence-corrected chi connectivity index (χ4v) is 2.86. The molecule has 33 heavy (non-hydrogen) atoms. The van der Waals surface area contributed by atoms with Crippen LogP contribution in [-0.2, 0) is 9.47 Å². The molecule has 0 saturated carbocycles. The SMILES string of the molecule is CCOC(=O)c1cc(C(=O)Nc2ccc(-n3ccc(C(=O)OCC)n3)cc2)cc([N+](=O)[O-])c1. The predicted octanol–water partition coefficient (Wildman–Crippen LogP) is 3.39. The Labute approximate surface area is 188 Å². The van der Waals surface area contributed by atoms with Gasteiger partial charge in [-0.1, -0.05) is 0 Å². The van der Waals surface area contributed by atoms with Crippen LogP contribution in [0, 0.1) is 10.1 Å². The molecule has 2 aromatic carbocycles. The van der Waals surface area contributed by atoms with E-state index in [0.717, 1.165) is 12.1 Å². The monoisotopic (exact) mass is 452 g/mol. The van der Waals surface area contributed by atoms with E-state index >= 15 is 0 Å². The van der Waals surface area contributed by atoms with Crippen molar-refractivity contribution < 1.29 is 28.8 Å². The van der Waals surface area contributed by atoms with Gasteiger partial charge < -0.3 is 14.8 Å². The van der Waals surface area contributed by atoms with Crippen molar-refractivity contribution in [1.29, 1.82) is 0 Å². The fourth-order valence-electron chi connectivity index (χ4n) is 2.86. The second-order valence-electron chi connectivity index (χ2n) is 6.61. The molecule has 11 nitrogen and oxygen atoms in total. The Morgan fingerprint density at radius 3 is 2.24 bits per heavy atom. The number of carbonyl (C=O) groups excluding carboxylic acids is 3. The lowest BCUT2D eigenvalue weighted by Gasteiger charge is -2.08. The second kappa shape index (κ2) is 10.2. The van der Waals surface area contributed by atoms with Gasteiger partial charge in [0.05, 0.1) is 29.4 Å². The van der Waals surface area contributed by atoms with Crippen molar-refractivity contribution in [2.75, 3.05) is 18.5 Å². The van der Waals surface area contributed by atoms with Gasteiger partial charge in [-0.3, -0.25) is 14.9 Å². The summed E-state index contributed by atoms with van der Waals surface area (Å²) in [6.45, 7) is 3.64. The summed E-state index contributed by atoms with van der Waals surface area (Å²) in [6.07, 6.45) is 1.60. The third-order valence-corrected chi connectivity index (χ3v) is 4.37. The maximum atomic E-state index is 12.7. The molecule has 1 aromatic heterocycles. The number of nitro benzene ring substituents is 1. The highest BCUT2D eigenvalue weighted by Gasteiger charge is 2.19. The molecule has 1 N–H and O–H groups in total. The van der Waals surface area contributed by atoms with Gasteiger partial charge in [0.15, 0.2) is 5.69 Å². The Morgan fingerprint density at radius 2 is 1.61 bits per heavy atom. The van der Waals surface area contributed by atoms with Crippen LogP contribution < -0.4 is 5.32 Å². The van der Waals surface area contributed by atoms with E-state index in [2.05, 4.69) is 10.4 Å². The largest absolute Gasteiger partial charge is 0.462 e. The molecule has 11 heteroatoms. The molecule has 1 amide bonds. The van der Waals surface area contributed by atoms with Crippen LogP contribution in [0.5, 0.6) is 0 Å². The van der Waals surface area contributed by atoms with Gasteiger partial charge in [0.25, 0.3) is 11.6 Å². The molecule has 1 heterocycles. The molecule has 170 valence electrons. The highest BCUT2D eigenvalue weighted by molar-refractivity contribution is 6.06. The van der Waals surface area contributed by atoms with Gasteiger partial charge in [-0.15, -0.1) is 0 Å². The van der Waals surface area contributed by atoms with Crippen molar-refractivity contribution in [2.24, 2.45) is 0 Å². The fraction of sp³-hybridized carbons (Fsp3) is 0.182. The summed E-state index contributed by atoms with van der Waals surface area (Å²) in [7, 11) is 0. The maximum absolute atomic E-state index is 12.7. The summed E-state index contributed by atoms with van der Waals surface area (Å²) in [5.74, 6) is -1.93. The molecule has 0 aliphatic carbocycles. The van der Waals surface area contributed by atoms with E-state index in [9.17, 15) is 24.5 Å². The number of hydrogen-bond acceptors (Lipinski definition) is 8. The van der Waals surface area contributed by atoms with Crippen LogP contribution in [0.15, 0.2) is 54.7 Å². The molecular weight excluding hydrogens is 432 g/mol. The molecule has 0 aliphatic rings. The lowest BCUT2D eigenvalue weighted by Crippen LogP contribution is -2.14. The number of ether oxygens (including phenoxy) is 2. The van der Waals surface area contributed by atoms with Crippen molar-refractivity contribution in [3.8, 4) is 5.69 Å². The standard InChI is InChI=1S/C22H20N4O7/c1-3-32-21(28)15-11-14(12-18(13-15)26(30)31)20(27)23-16-5-7-17(8-6-16)25-10-9-19(24-25)22(29)33-4-2/h5-13H,3-4H2,1-2H3,(H,23,27). The lowest BCUT2D eigenvalue weighted by molar-refractivity contribution is -0.384. The lowest BCUT2D eigenvalue weighted by atomic mass is 10.1. The highest BCUT2D eigenvalue weighted by atomic mass is 16.6. The average Bonchev–Trinajstić information content (AvgIpc) is 3.30. The maximum Gasteiger partial charge on any atom is 0.358 e. The van der Waals surface area contributed by atoms with Gasteiger partial charge in [0, 0.05) is 29.6 Å². The Morgan fingerprint density at radius 1 is 0.970 bits per heavy atom. The molecule has 3 rings (SSSR count). The summed E-state index contributed by atoms with van der Waals surface area (Å²) in [5.41, 5.74) is 0.633. The number of anilines is 1. The third-order valence-electron chi connectivity index (χ3n) is 4.37. The van der Waals surface area contributed by atoms with Crippen LogP contribution in [0.4, 0.5) is 11.4 Å². The van der Waals surface area contributed by atoms with Crippen molar-refractivity contribution in [3.63, 3.8) is 0 Å². The van der Waals surface area contributed by atoms with Crippen LogP contribution in [0.3, 0.4) is 0 Å². The summed E-state index contributed by atoms with van der Waals surface area (Å²) in [4.78, 5) is 46.9. The van der Waals surface area contributed by atoms with E-state index in [0.29, 0.717) is 11.4 Å². The van der Waals surface area contributed by atoms with E-state index in [-0.39, 0.29) is 30.0 Å². The third kappa shape index (κ3) is 5.58. The molecule has 0 fully saturated rings. The minimum atomic E-state index is -0.763. The van der Waals surface area contributed by atoms with Crippen LogP contribution in [0.2, 0.25) is 0 Å². The van der Waals surface area contributed by atoms with Gasteiger partial charge in [0.2, 0.25) is 0 Å². The van der Waals surface area contributed by atoms with Crippen molar-refractivity contribution in [3.05, 3.63) is 81.7 Å². The minimum Gasteiger partial charge on any atom is -0.462 e. The molecule has 0 saturated heterocycles. The molecule has 0 atom stereocenters. The zero-order valence-electron chi connectivity index (χ0n) is 17.8. The second-order valence-corrected chi connectivity index (χ2v) is 6.61. The van der Waals surface area contributed by atoms with Gasteiger partial charge >= 0.3 is 11.9 Å². The topological polar surface area (TPSA) is 143 Å². The van der Waals surface area contributed by atoms with Gasteiger partial charge in [-0.25, -0.2) is 14.3 Å². The molecule has 3 aromatic rings. The normalized spacial score (nSPS) is 10.4. The Balaban J connectivity index is 1.77. The molecule has 0 bridgehead atoms. The first-order valence-corrected chi connectivity index (χ1v) is 9.93. The van der Waals surface area contributed by atoms with Crippen LogP contribution in [-0.4, -0.2) is 45.8 Å². The smallest absolute Gasteiger partial charge is 0.358 e. The average molecular weight is 452 g/mol. The van der Waals surface area contributed by atoms with E-state index in [4.69, 9.17) is 9.47 Å². The summed E-state index contributed by atoms with van der Waals surface area (Å²) in [5, 5.41) is 18.0. The first-order valence-electron chi connectivity index (χ1n) is 9.93. The zero-order chi connectivity index (χ0) is 24.0. The number of rotatable bonds is 8. The van der Waals surface area contributed by atoms with E-state index in [1.807, 2.05) is 0 Å². The Kier molecular flexibility index (Phi) is 7.13. The molecule has 0 aliphatic heterocycles. The van der Waals surface area contributed by atoms with Gasteiger partial charge in [-0.05, 0) is 50.2 Å². The van der Waals surface area contributed by atoms with E-state index in [1.54, 1.807) is 44.3 Å². The highest BCUT2D eigenvalue weighted by Crippen LogP contribution is 2.20. The number of carbonyl (C=O) groups is 3. The molecule has 0 radical (unpaired) electrons. The quantitative estimate of drug-likeness (QED) is 0.311. The summed E-state index contributed by atoms with van der Waals surface area (Å²) in [6, 6.07) is 11.4. The number of non-ortho nitro benzene ring substituents is 1. The molecule has 0 spiro atoms. The summed E-state index contributed by atoms with van der Waals surface area (Å²) < 4.78 is 11.3.